The summed E-state index contributed by atoms with van der Waals surface area (Å²) in [5.41, 5.74) is 3.73. The van der Waals surface area contributed by atoms with Crippen molar-refractivity contribution in [2.24, 2.45) is 0 Å². The average molecular weight is 237 g/mol. The number of nitrogens with zero attached hydrogens (tertiary/aromatic N) is 4. The van der Waals surface area contributed by atoms with Crippen LogP contribution in [0, 0.1) is 27.7 Å². The topological polar surface area (TPSA) is 43.6 Å². The minimum absolute atomic E-state index is 0.406. The minimum Gasteiger partial charge on any atom is -0.285 e. The molecule has 16 heavy (non-hydrogen) atoms. The van der Waals surface area contributed by atoms with E-state index in [0.717, 1.165) is 22.8 Å². The molecule has 0 bridgehead atoms. The lowest BCUT2D eigenvalue weighted by molar-refractivity contribution is 0.904. The van der Waals surface area contributed by atoms with Crippen molar-refractivity contribution in [3.63, 3.8) is 0 Å². The fraction of sp³-hybridized carbons (Fsp3) is 0.364. The highest BCUT2D eigenvalue weighted by molar-refractivity contribution is 6.31. The Morgan fingerprint density at radius 1 is 1.00 bits per heavy atom. The molecule has 5 heteroatoms. The molecular weight excluding hydrogens is 224 g/mol. The summed E-state index contributed by atoms with van der Waals surface area (Å²) in [6.07, 6.45) is 1.72. The van der Waals surface area contributed by atoms with Crippen LogP contribution >= 0.6 is 11.6 Å². The summed E-state index contributed by atoms with van der Waals surface area (Å²) in [5, 5.41) is 0.406. The Kier molecular flexibility index (Phi) is 2.68. The monoisotopic (exact) mass is 236 g/mol. The van der Waals surface area contributed by atoms with Crippen LogP contribution in [0.15, 0.2) is 6.33 Å². The van der Waals surface area contributed by atoms with Gasteiger partial charge in [0.1, 0.15) is 6.33 Å². The third kappa shape index (κ3) is 1.69. The van der Waals surface area contributed by atoms with Gasteiger partial charge < -0.3 is 0 Å². The molecule has 2 aromatic rings. The summed E-state index contributed by atoms with van der Waals surface area (Å²) < 4.78 is 1.86. The van der Waals surface area contributed by atoms with Gasteiger partial charge in [-0.15, -0.1) is 0 Å². The number of aryl methyl sites for hydroxylation is 3. The number of rotatable bonds is 1. The van der Waals surface area contributed by atoms with Crippen molar-refractivity contribution < 1.29 is 0 Å². The highest BCUT2D eigenvalue weighted by Gasteiger charge is 2.12. The number of imidazole rings is 1. The lowest BCUT2D eigenvalue weighted by Crippen LogP contribution is -2.04. The lowest BCUT2D eigenvalue weighted by Gasteiger charge is -2.08. The SMILES string of the molecule is Cc1nc(Cl)c(-n2cnc(C)c2C)nc1C. The zero-order valence-electron chi connectivity index (χ0n) is 9.74. The Labute approximate surface area is 99.3 Å². The van der Waals surface area contributed by atoms with E-state index >= 15 is 0 Å². The Bertz CT molecular complexity index is 545. The van der Waals surface area contributed by atoms with Gasteiger partial charge in [0.2, 0.25) is 0 Å². The second-order valence-corrected chi connectivity index (χ2v) is 4.15. The van der Waals surface area contributed by atoms with E-state index in [0.29, 0.717) is 11.0 Å². The molecule has 0 fully saturated rings. The predicted molar refractivity (Wildman–Crippen MR) is 63.1 cm³/mol. The molecule has 84 valence electrons. The molecule has 2 heterocycles. The zero-order valence-corrected chi connectivity index (χ0v) is 10.5. The van der Waals surface area contributed by atoms with Gasteiger partial charge in [-0.2, -0.15) is 0 Å². The van der Waals surface area contributed by atoms with Gasteiger partial charge >= 0.3 is 0 Å². The smallest absolute Gasteiger partial charge is 0.176 e. The Hall–Kier alpha value is -1.42. The molecule has 0 radical (unpaired) electrons. The van der Waals surface area contributed by atoms with Gasteiger partial charge in [0, 0.05) is 5.69 Å². The quantitative estimate of drug-likeness (QED) is 0.764. The van der Waals surface area contributed by atoms with Gasteiger partial charge in [0.25, 0.3) is 0 Å². The van der Waals surface area contributed by atoms with Crippen LogP contribution in [0.2, 0.25) is 5.15 Å². The largest absolute Gasteiger partial charge is 0.285 e. The fourth-order valence-corrected chi connectivity index (χ4v) is 1.69. The first-order valence-electron chi connectivity index (χ1n) is 5.02. The van der Waals surface area contributed by atoms with Crippen LogP contribution in [0.4, 0.5) is 0 Å². The Balaban J connectivity index is 2.65. The van der Waals surface area contributed by atoms with Crippen LogP contribution in [0.3, 0.4) is 0 Å². The van der Waals surface area contributed by atoms with E-state index in [-0.39, 0.29) is 0 Å². The molecule has 2 rings (SSSR count). The van der Waals surface area contributed by atoms with Crippen molar-refractivity contribution in [3.05, 3.63) is 34.3 Å². The van der Waals surface area contributed by atoms with Gasteiger partial charge in [-0.3, -0.25) is 4.57 Å². The molecular formula is C11H13ClN4. The van der Waals surface area contributed by atoms with E-state index in [9.17, 15) is 0 Å². The Morgan fingerprint density at radius 3 is 2.19 bits per heavy atom. The summed E-state index contributed by atoms with van der Waals surface area (Å²) in [5.74, 6) is 0.642. The van der Waals surface area contributed by atoms with E-state index in [2.05, 4.69) is 15.0 Å². The van der Waals surface area contributed by atoms with Gasteiger partial charge in [0.15, 0.2) is 11.0 Å². The maximum absolute atomic E-state index is 6.10. The fourth-order valence-electron chi connectivity index (χ4n) is 1.43. The van der Waals surface area contributed by atoms with Crippen molar-refractivity contribution in [1.29, 1.82) is 0 Å². The second kappa shape index (κ2) is 3.87. The molecule has 0 unspecified atom stereocenters. The van der Waals surface area contributed by atoms with Crippen LogP contribution in [-0.4, -0.2) is 19.5 Å². The van der Waals surface area contributed by atoms with E-state index in [1.807, 2.05) is 32.3 Å². The molecule has 0 atom stereocenters. The van der Waals surface area contributed by atoms with Crippen LogP contribution in [0.1, 0.15) is 22.8 Å². The van der Waals surface area contributed by atoms with Gasteiger partial charge in [-0.1, -0.05) is 11.6 Å². The molecule has 0 aromatic carbocycles. The van der Waals surface area contributed by atoms with Crippen LogP contribution in [0.5, 0.6) is 0 Å². The number of hydrogen-bond donors (Lipinski definition) is 0. The van der Waals surface area contributed by atoms with Gasteiger partial charge in [-0.25, -0.2) is 15.0 Å². The first-order chi connectivity index (χ1) is 7.50. The summed E-state index contributed by atoms with van der Waals surface area (Å²) in [7, 11) is 0. The highest BCUT2D eigenvalue weighted by Crippen LogP contribution is 2.20. The molecule has 2 aromatic heterocycles. The standard InChI is InChI=1S/C11H13ClN4/c1-6-7(2)15-11(10(12)14-6)16-5-13-8(3)9(16)4/h5H,1-4H3. The van der Waals surface area contributed by atoms with Crippen LogP contribution < -0.4 is 0 Å². The first kappa shape index (κ1) is 11.1. The summed E-state index contributed by atoms with van der Waals surface area (Å²) in [4.78, 5) is 12.9. The van der Waals surface area contributed by atoms with Crippen molar-refractivity contribution >= 4 is 11.6 Å². The predicted octanol–water partition coefficient (Wildman–Crippen LogP) is 2.55. The molecule has 0 aliphatic rings. The molecule has 0 amide bonds. The third-order valence-electron chi connectivity index (χ3n) is 2.73. The number of aromatic nitrogens is 4. The maximum atomic E-state index is 6.10. The number of halogens is 1. The van der Waals surface area contributed by atoms with E-state index < -0.39 is 0 Å². The molecule has 4 nitrogen and oxygen atoms in total. The molecule has 0 aliphatic heterocycles. The Morgan fingerprint density at radius 2 is 1.62 bits per heavy atom. The zero-order chi connectivity index (χ0) is 11.9. The highest BCUT2D eigenvalue weighted by atomic mass is 35.5. The average Bonchev–Trinajstić information content (AvgIpc) is 2.54. The van der Waals surface area contributed by atoms with Crippen molar-refractivity contribution in [2.45, 2.75) is 27.7 Å². The third-order valence-corrected chi connectivity index (χ3v) is 2.98. The summed E-state index contributed by atoms with van der Waals surface area (Å²) >= 11 is 6.10. The van der Waals surface area contributed by atoms with Crippen molar-refractivity contribution in [2.75, 3.05) is 0 Å². The number of hydrogen-bond acceptors (Lipinski definition) is 3. The van der Waals surface area contributed by atoms with Gasteiger partial charge in [0.05, 0.1) is 17.1 Å². The molecule has 0 saturated heterocycles. The maximum Gasteiger partial charge on any atom is 0.176 e. The lowest BCUT2D eigenvalue weighted by atomic mass is 10.3. The van der Waals surface area contributed by atoms with Crippen LogP contribution in [0.25, 0.3) is 5.82 Å². The van der Waals surface area contributed by atoms with Crippen LogP contribution in [-0.2, 0) is 0 Å². The molecule has 0 spiro atoms. The van der Waals surface area contributed by atoms with Crippen molar-refractivity contribution in [3.8, 4) is 5.82 Å². The minimum atomic E-state index is 0.406. The molecule has 0 N–H and O–H groups in total. The summed E-state index contributed by atoms with van der Waals surface area (Å²) in [6, 6.07) is 0. The van der Waals surface area contributed by atoms with E-state index in [1.165, 1.54) is 0 Å². The second-order valence-electron chi connectivity index (χ2n) is 3.79. The first-order valence-corrected chi connectivity index (χ1v) is 5.40. The summed E-state index contributed by atoms with van der Waals surface area (Å²) in [6.45, 7) is 7.75. The van der Waals surface area contributed by atoms with E-state index in [1.54, 1.807) is 6.33 Å². The van der Waals surface area contributed by atoms with Gasteiger partial charge in [-0.05, 0) is 27.7 Å². The van der Waals surface area contributed by atoms with E-state index in [4.69, 9.17) is 11.6 Å². The molecule has 0 aliphatic carbocycles. The van der Waals surface area contributed by atoms with Crippen molar-refractivity contribution in [1.82, 2.24) is 19.5 Å². The molecule has 0 saturated carbocycles. The normalized spacial score (nSPS) is 10.8.